The van der Waals surface area contributed by atoms with Gasteiger partial charge in [0.2, 0.25) is 0 Å². The molecule has 3 unspecified atom stereocenters. The first-order chi connectivity index (χ1) is 14.6. The van der Waals surface area contributed by atoms with Crippen molar-refractivity contribution in [1.29, 1.82) is 5.26 Å². The lowest BCUT2D eigenvalue weighted by molar-refractivity contribution is -0.246. The van der Waals surface area contributed by atoms with Crippen LogP contribution in [0.2, 0.25) is 0 Å². The van der Waals surface area contributed by atoms with Gasteiger partial charge in [-0.1, -0.05) is 26.8 Å². The van der Waals surface area contributed by atoms with Crippen LogP contribution in [0.1, 0.15) is 73.1 Å². The summed E-state index contributed by atoms with van der Waals surface area (Å²) >= 11 is 0. The molecule has 4 rings (SSSR count). The van der Waals surface area contributed by atoms with Crippen LogP contribution in [0.5, 0.6) is 0 Å². The molecule has 4 aliphatic carbocycles. The zero-order chi connectivity index (χ0) is 22.7. The fourth-order valence-corrected chi connectivity index (χ4v) is 7.77. The molecule has 4 aliphatic rings. The number of rotatable bonds is 5. The number of ether oxygens (including phenoxy) is 3. The quantitative estimate of drug-likeness (QED) is 0.615. The molecule has 2 saturated carbocycles. The molecule has 0 spiro atoms. The first-order valence-corrected chi connectivity index (χ1v) is 12.0. The highest BCUT2D eigenvalue weighted by molar-refractivity contribution is 5.40. The summed E-state index contributed by atoms with van der Waals surface area (Å²) in [6, 6.07) is 2.62. The monoisotopic (exact) mass is 429 g/mol. The van der Waals surface area contributed by atoms with Crippen molar-refractivity contribution in [3.8, 4) is 6.07 Å². The molecule has 0 saturated heterocycles. The van der Waals surface area contributed by atoms with E-state index in [9.17, 15) is 10.4 Å². The smallest absolute Gasteiger partial charge is 0.165 e. The maximum atomic E-state index is 12.3. The maximum absolute atomic E-state index is 12.3. The number of allylic oxidation sites excluding steroid dienone is 3. The molecule has 8 atom stereocenters. The number of nitrogens with zero attached hydrogens (tertiary/aromatic N) is 1. The van der Waals surface area contributed by atoms with Crippen molar-refractivity contribution in [1.82, 2.24) is 0 Å². The summed E-state index contributed by atoms with van der Waals surface area (Å²) in [5, 5.41) is 22.7. The Bertz CT molecular complexity index is 830. The van der Waals surface area contributed by atoms with Gasteiger partial charge in [0.1, 0.15) is 0 Å². The first-order valence-electron chi connectivity index (χ1n) is 12.0. The maximum Gasteiger partial charge on any atom is 0.165 e. The molecular formula is C26H39NO4. The van der Waals surface area contributed by atoms with Gasteiger partial charge < -0.3 is 19.3 Å². The molecule has 0 aromatic rings. The number of nitriles is 1. The molecule has 0 aromatic carbocycles. The molecule has 0 aliphatic heterocycles. The SMILES string of the molecule is CCOC(C)O[C@]1(C#N)[C@@H](C)CC2C3CC=C4C=C(OC)CC[C@]4(C)[C@@]3(O)CC[C@@]21C. The van der Waals surface area contributed by atoms with Crippen LogP contribution in [0.15, 0.2) is 23.5 Å². The average Bonchev–Trinajstić information content (AvgIpc) is 2.95. The van der Waals surface area contributed by atoms with Gasteiger partial charge in [0.25, 0.3) is 0 Å². The van der Waals surface area contributed by atoms with E-state index in [1.165, 1.54) is 5.57 Å². The zero-order valence-electron chi connectivity index (χ0n) is 20.0. The van der Waals surface area contributed by atoms with Crippen LogP contribution in [-0.2, 0) is 14.2 Å². The first kappa shape index (κ1) is 22.8. The second-order valence-electron chi connectivity index (χ2n) is 10.7. The summed E-state index contributed by atoms with van der Waals surface area (Å²) in [5.41, 5.74) is -1.04. The number of hydrogen-bond acceptors (Lipinski definition) is 5. The van der Waals surface area contributed by atoms with Crippen molar-refractivity contribution >= 4 is 0 Å². The minimum absolute atomic E-state index is 0.0854. The number of aliphatic hydroxyl groups is 1. The third kappa shape index (κ3) is 2.91. The van der Waals surface area contributed by atoms with E-state index < -0.39 is 17.5 Å². The molecule has 31 heavy (non-hydrogen) atoms. The lowest BCUT2D eigenvalue weighted by atomic mass is 9.45. The van der Waals surface area contributed by atoms with Gasteiger partial charge in [-0.3, -0.25) is 0 Å². The summed E-state index contributed by atoms with van der Waals surface area (Å²) in [4.78, 5) is 0. The van der Waals surface area contributed by atoms with E-state index in [4.69, 9.17) is 14.2 Å². The van der Waals surface area contributed by atoms with Gasteiger partial charge in [0, 0.05) is 23.9 Å². The van der Waals surface area contributed by atoms with Gasteiger partial charge in [0.05, 0.1) is 24.5 Å². The van der Waals surface area contributed by atoms with Crippen molar-refractivity contribution in [2.45, 2.75) is 90.6 Å². The molecule has 1 N–H and O–H groups in total. The highest BCUT2D eigenvalue weighted by Gasteiger charge is 2.71. The summed E-state index contributed by atoms with van der Waals surface area (Å²) < 4.78 is 17.7. The molecule has 2 fully saturated rings. The molecule has 0 radical (unpaired) electrons. The molecule has 0 bridgehead atoms. The number of hydrogen-bond donors (Lipinski definition) is 1. The predicted octanol–water partition coefficient (Wildman–Crippen LogP) is 5.11. The van der Waals surface area contributed by atoms with Gasteiger partial charge in [0.15, 0.2) is 11.9 Å². The number of fused-ring (bicyclic) bond motifs is 5. The summed E-state index contributed by atoms with van der Waals surface area (Å²) in [7, 11) is 1.73. The lowest BCUT2D eigenvalue weighted by Gasteiger charge is -2.62. The number of methoxy groups -OCH3 is 1. The van der Waals surface area contributed by atoms with E-state index in [2.05, 4.69) is 39.0 Å². The van der Waals surface area contributed by atoms with Crippen LogP contribution in [-0.4, -0.2) is 36.3 Å². The molecular weight excluding hydrogens is 390 g/mol. The zero-order valence-corrected chi connectivity index (χ0v) is 20.0. The molecule has 0 amide bonds. The van der Waals surface area contributed by atoms with Crippen LogP contribution in [0, 0.1) is 39.9 Å². The molecule has 5 nitrogen and oxygen atoms in total. The van der Waals surface area contributed by atoms with Gasteiger partial charge >= 0.3 is 0 Å². The lowest BCUT2D eigenvalue weighted by Crippen LogP contribution is -2.64. The van der Waals surface area contributed by atoms with Crippen LogP contribution in [0.4, 0.5) is 0 Å². The summed E-state index contributed by atoms with van der Waals surface area (Å²) in [6.07, 6.45) is 9.01. The van der Waals surface area contributed by atoms with Crippen molar-refractivity contribution in [2.24, 2.45) is 28.6 Å². The van der Waals surface area contributed by atoms with Crippen molar-refractivity contribution in [3.05, 3.63) is 23.5 Å². The minimum Gasteiger partial charge on any atom is -0.501 e. The summed E-state index contributed by atoms with van der Waals surface area (Å²) in [5.74, 6) is 1.45. The van der Waals surface area contributed by atoms with E-state index in [1.807, 2.05) is 13.8 Å². The Hall–Kier alpha value is -1.35. The Kier molecular flexibility index (Phi) is 5.60. The Morgan fingerprint density at radius 1 is 1.26 bits per heavy atom. The Balaban J connectivity index is 1.73. The predicted molar refractivity (Wildman–Crippen MR) is 119 cm³/mol. The fraction of sp³-hybridized carbons (Fsp3) is 0.808. The standard InChI is InChI=1S/C26H39NO4/c1-7-30-18(3)31-26(16-27)17(2)14-22-21-9-8-19-15-20(29-6)10-11-23(19,4)25(21,28)13-12-24(22,26)5/h8,15,17-18,21-22,28H,7,9-14H2,1-6H3/t17-,18?,21?,22?,23-,24-,25+,26+/m0/s1. The second-order valence-corrected chi connectivity index (χ2v) is 10.7. The Labute approximate surface area is 187 Å². The molecule has 5 heteroatoms. The summed E-state index contributed by atoms with van der Waals surface area (Å²) in [6.45, 7) is 11.0. The Morgan fingerprint density at radius 2 is 2.00 bits per heavy atom. The van der Waals surface area contributed by atoms with E-state index in [1.54, 1.807) is 7.11 Å². The molecule has 0 heterocycles. The van der Waals surface area contributed by atoms with Gasteiger partial charge in [-0.05, 0) is 75.4 Å². The highest BCUT2D eigenvalue weighted by Crippen LogP contribution is 2.70. The van der Waals surface area contributed by atoms with Crippen LogP contribution in [0.3, 0.4) is 0 Å². The van der Waals surface area contributed by atoms with E-state index in [0.717, 1.165) is 37.9 Å². The van der Waals surface area contributed by atoms with Gasteiger partial charge in [-0.25, -0.2) is 0 Å². The molecule has 172 valence electrons. The van der Waals surface area contributed by atoms with E-state index >= 15 is 0 Å². The third-order valence-corrected chi connectivity index (χ3v) is 9.65. The minimum atomic E-state index is -0.895. The van der Waals surface area contributed by atoms with Crippen molar-refractivity contribution in [3.63, 3.8) is 0 Å². The molecule has 0 aromatic heterocycles. The fourth-order valence-electron chi connectivity index (χ4n) is 7.77. The second kappa shape index (κ2) is 7.61. The van der Waals surface area contributed by atoms with Crippen LogP contribution >= 0.6 is 0 Å². The normalized spacial score (nSPS) is 47.2. The van der Waals surface area contributed by atoms with E-state index in [0.29, 0.717) is 13.0 Å². The van der Waals surface area contributed by atoms with Gasteiger partial charge in [-0.2, -0.15) is 5.26 Å². The topological polar surface area (TPSA) is 71.7 Å². The largest absolute Gasteiger partial charge is 0.501 e. The van der Waals surface area contributed by atoms with Crippen molar-refractivity contribution in [2.75, 3.05) is 13.7 Å². The third-order valence-electron chi connectivity index (χ3n) is 9.65. The highest BCUT2D eigenvalue weighted by atomic mass is 16.7. The Morgan fingerprint density at radius 3 is 2.65 bits per heavy atom. The van der Waals surface area contributed by atoms with Crippen molar-refractivity contribution < 1.29 is 19.3 Å². The van der Waals surface area contributed by atoms with Crippen LogP contribution < -0.4 is 0 Å². The average molecular weight is 430 g/mol. The van der Waals surface area contributed by atoms with Gasteiger partial charge in [-0.15, -0.1) is 0 Å². The van der Waals surface area contributed by atoms with E-state index in [-0.39, 0.29) is 28.6 Å². The van der Waals surface area contributed by atoms with Crippen LogP contribution in [0.25, 0.3) is 0 Å².